The molecule has 0 atom stereocenters. The van der Waals surface area contributed by atoms with Crippen molar-refractivity contribution >= 4 is 28.2 Å². The van der Waals surface area contributed by atoms with E-state index >= 15 is 0 Å². The largest absolute Gasteiger partial charge is 0.399 e. The lowest BCUT2D eigenvalue weighted by molar-refractivity contribution is 1.26. The van der Waals surface area contributed by atoms with Gasteiger partial charge in [-0.25, -0.2) is 0 Å². The quantitative estimate of drug-likeness (QED) is 0.652. The molecule has 0 aliphatic heterocycles. The van der Waals surface area contributed by atoms with Crippen LogP contribution in [-0.2, 0) is 0 Å². The zero-order chi connectivity index (χ0) is 9.42. The van der Waals surface area contributed by atoms with Crippen LogP contribution < -0.4 is 5.73 Å². The Balaban J connectivity index is 2.86. The van der Waals surface area contributed by atoms with E-state index in [0.29, 0.717) is 5.69 Å². The zero-order valence-corrected chi connectivity index (χ0v) is 7.97. The average molecular weight is 193 g/mol. The smallest absolute Gasteiger partial charge is 0.0740 e. The standard InChI is InChI=1S/C10H9ClN2/c1-6-4-9(11)8-3-2-7(12)5-10(8)13-6/h2-5H,12H2,1H3. The summed E-state index contributed by atoms with van der Waals surface area (Å²) in [4.78, 5) is 4.33. The first kappa shape index (κ1) is 8.32. The molecule has 66 valence electrons. The third kappa shape index (κ3) is 1.45. The van der Waals surface area contributed by atoms with Gasteiger partial charge in [-0.15, -0.1) is 0 Å². The molecule has 0 saturated heterocycles. The Morgan fingerprint density at radius 3 is 2.85 bits per heavy atom. The summed E-state index contributed by atoms with van der Waals surface area (Å²) in [5.74, 6) is 0. The molecular formula is C10H9ClN2. The minimum Gasteiger partial charge on any atom is -0.399 e. The molecule has 2 nitrogen and oxygen atoms in total. The fourth-order valence-corrected chi connectivity index (χ4v) is 1.64. The van der Waals surface area contributed by atoms with Crippen molar-refractivity contribution in [3.05, 3.63) is 35.0 Å². The number of nitrogens with two attached hydrogens (primary N) is 1. The molecule has 3 heteroatoms. The molecule has 1 heterocycles. The third-order valence-corrected chi connectivity index (χ3v) is 2.22. The third-order valence-electron chi connectivity index (χ3n) is 1.91. The van der Waals surface area contributed by atoms with Gasteiger partial charge in [0.25, 0.3) is 0 Å². The second-order valence-corrected chi connectivity index (χ2v) is 3.43. The summed E-state index contributed by atoms with van der Waals surface area (Å²) in [5, 5.41) is 1.67. The number of nitrogen functional groups attached to an aromatic ring is 1. The van der Waals surface area contributed by atoms with Gasteiger partial charge in [0, 0.05) is 16.8 Å². The maximum atomic E-state index is 6.03. The van der Waals surface area contributed by atoms with E-state index in [2.05, 4.69) is 4.98 Å². The molecule has 2 aromatic rings. The number of aryl methyl sites for hydroxylation is 1. The second kappa shape index (κ2) is 2.89. The second-order valence-electron chi connectivity index (χ2n) is 3.02. The molecule has 2 rings (SSSR count). The molecule has 0 unspecified atom stereocenters. The summed E-state index contributed by atoms with van der Waals surface area (Å²) < 4.78 is 0. The molecule has 13 heavy (non-hydrogen) atoms. The van der Waals surface area contributed by atoms with E-state index in [1.807, 2.05) is 31.2 Å². The van der Waals surface area contributed by atoms with Crippen LogP contribution in [0.3, 0.4) is 0 Å². The molecule has 1 aromatic carbocycles. The first-order valence-electron chi connectivity index (χ1n) is 3.99. The van der Waals surface area contributed by atoms with E-state index in [1.165, 1.54) is 0 Å². The lowest BCUT2D eigenvalue weighted by atomic mass is 10.2. The summed E-state index contributed by atoms with van der Waals surface area (Å²) in [6.45, 7) is 1.91. The Labute approximate surface area is 81.3 Å². The van der Waals surface area contributed by atoms with Gasteiger partial charge in [-0.1, -0.05) is 11.6 Å². The Morgan fingerprint density at radius 1 is 1.31 bits per heavy atom. The van der Waals surface area contributed by atoms with Gasteiger partial charge < -0.3 is 5.73 Å². The molecular weight excluding hydrogens is 184 g/mol. The van der Waals surface area contributed by atoms with Crippen molar-refractivity contribution in [1.82, 2.24) is 4.98 Å². The normalized spacial score (nSPS) is 10.6. The summed E-state index contributed by atoms with van der Waals surface area (Å²) in [5.41, 5.74) is 8.11. The van der Waals surface area contributed by atoms with Gasteiger partial charge in [0.05, 0.1) is 10.5 Å². The first-order valence-corrected chi connectivity index (χ1v) is 4.37. The average Bonchev–Trinajstić information content (AvgIpc) is 2.02. The zero-order valence-electron chi connectivity index (χ0n) is 7.21. The lowest BCUT2D eigenvalue weighted by Crippen LogP contribution is -1.88. The predicted octanol–water partition coefficient (Wildman–Crippen LogP) is 2.78. The minimum absolute atomic E-state index is 0.710. The molecule has 0 fully saturated rings. The number of hydrogen-bond acceptors (Lipinski definition) is 2. The van der Waals surface area contributed by atoms with Gasteiger partial charge in [-0.2, -0.15) is 0 Å². The van der Waals surface area contributed by atoms with E-state index in [9.17, 15) is 0 Å². The van der Waals surface area contributed by atoms with Gasteiger partial charge in [-0.05, 0) is 31.2 Å². The van der Waals surface area contributed by atoms with E-state index in [4.69, 9.17) is 17.3 Å². The van der Waals surface area contributed by atoms with Crippen LogP contribution in [-0.4, -0.2) is 4.98 Å². The number of benzene rings is 1. The Bertz CT molecular complexity index is 460. The van der Waals surface area contributed by atoms with Crippen molar-refractivity contribution in [3.63, 3.8) is 0 Å². The molecule has 0 radical (unpaired) electrons. The predicted molar refractivity (Wildman–Crippen MR) is 55.9 cm³/mol. The van der Waals surface area contributed by atoms with Crippen LogP contribution in [0.2, 0.25) is 5.02 Å². The summed E-state index contributed by atoms with van der Waals surface area (Å²) in [6.07, 6.45) is 0. The highest BCUT2D eigenvalue weighted by molar-refractivity contribution is 6.35. The molecule has 0 saturated carbocycles. The van der Waals surface area contributed by atoms with Gasteiger partial charge in [-0.3, -0.25) is 4.98 Å². The number of anilines is 1. The highest BCUT2D eigenvalue weighted by Gasteiger charge is 2.01. The number of halogens is 1. The van der Waals surface area contributed by atoms with E-state index in [1.54, 1.807) is 0 Å². The molecule has 0 spiro atoms. The monoisotopic (exact) mass is 192 g/mol. The highest BCUT2D eigenvalue weighted by Crippen LogP contribution is 2.24. The van der Waals surface area contributed by atoms with Crippen LogP contribution in [0.4, 0.5) is 5.69 Å². The fourth-order valence-electron chi connectivity index (χ4n) is 1.33. The van der Waals surface area contributed by atoms with Gasteiger partial charge >= 0.3 is 0 Å². The fraction of sp³-hybridized carbons (Fsp3) is 0.100. The molecule has 0 bridgehead atoms. The van der Waals surface area contributed by atoms with Gasteiger partial charge in [0.15, 0.2) is 0 Å². The molecule has 2 N–H and O–H groups in total. The number of rotatable bonds is 0. The topological polar surface area (TPSA) is 38.9 Å². The number of aromatic nitrogens is 1. The number of fused-ring (bicyclic) bond motifs is 1. The van der Waals surface area contributed by atoms with Crippen LogP contribution in [0.15, 0.2) is 24.3 Å². The Morgan fingerprint density at radius 2 is 2.08 bits per heavy atom. The lowest BCUT2D eigenvalue weighted by Gasteiger charge is -2.02. The minimum atomic E-state index is 0.710. The SMILES string of the molecule is Cc1cc(Cl)c2ccc(N)cc2n1. The van der Waals surface area contributed by atoms with Gasteiger partial charge in [0.2, 0.25) is 0 Å². The summed E-state index contributed by atoms with van der Waals surface area (Å²) in [6, 6.07) is 7.39. The Kier molecular flexibility index (Phi) is 1.85. The van der Waals surface area contributed by atoms with Crippen molar-refractivity contribution in [1.29, 1.82) is 0 Å². The van der Waals surface area contributed by atoms with Crippen LogP contribution in [0.5, 0.6) is 0 Å². The molecule has 0 amide bonds. The maximum Gasteiger partial charge on any atom is 0.0740 e. The van der Waals surface area contributed by atoms with Crippen molar-refractivity contribution < 1.29 is 0 Å². The van der Waals surface area contributed by atoms with Crippen LogP contribution in [0, 0.1) is 6.92 Å². The van der Waals surface area contributed by atoms with Crippen LogP contribution >= 0.6 is 11.6 Å². The maximum absolute atomic E-state index is 6.03. The van der Waals surface area contributed by atoms with Crippen molar-refractivity contribution in [3.8, 4) is 0 Å². The van der Waals surface area contributed by atoms with E-state index in [-0.39, 0.29) is 0 Å². The summed E-state index contributed by atoms with van der Waals surface area (Å²) in [7, 11) is 0. The van der Waals surface area contributed by atoms with Gasteiger partial charge in [0.1, 0.15) is 0 Å². The van der Waals surface area contributed by atoms with Crippen molar-refractivity contribution in [2.45, 2.75) is 6.92 Å². The van der Waals surface area contributed by atoms with Crippen molar-refractivity contribution in [2.75, 3.05) is 5.73 Å². The van der Waals surface area contributed by atoms with Crippen molar-refractivity contribution in [2.24, 2.45) is 0 Å². The molecule has 0 aliphatic carbocycles. The van der Waals surface area contributed by atoms with Crippen LogP contribution in [0.25, 0.3) is 10.9 Å². The van der Waals surface area contributed by atoms with E-state index < -0.39 is 0 Å². The van der Waals surface area contributed by atoms with Crippen LogP contribution in [0.1, 0.15) is 5.69 Å². The number of nitrogens with zero attached hydrogens (tertiary/aromatic N) is 1. The molecule has 1 aromatic heterocycles. The Hall–Kier alpha value is -1.28. The molecule has 0 aliphatic rings. The summed E-state index contributed by atoms with van der Waals surface area (Å²) >= 11 is 6.03. The first-order chi connectivity index (χ1) is 6.16. The number of hydrogen-bond donors (Lipinski definition) is 1. The number of pyridine rings is 1. The highest BCUT2D eigenvalue weighted by atomic mass is 35.5. The van der Waals surface area contributed by atoms with E-state index in [0.717, 1.165) is 21.6 Å².